The van der Waals surface area contributed by atoms with Crippen LogP contribution in [0.3, 0.4) is 0 Å². The maximum Gasteiger partial charge on any atom is 0.333 e. The third kappa shape index (κ3) is 6.04. The minimum atomic E-state index is -0.611. The van der Waals surface area contributed by atoms with Crippen LogP contribution >= 0.6 is 11.8 Å². The van der Waals surface area contributed by atoms with Crippen molar-refractivity contribution in [3.05, 3.63) is 90.0 Å². The molecule has 4 rings (SSSR count). The van der Waals surface area contributed by atoms with Crippen LogP contribution in [0, 0.1) is 0 Å². The molecule has 9 nitrogen and oxygen atoms in total. The molecule has 10 heteroatoms. The highest BCUT2D eigenvalue weighted by molar-refractivity contribution is 8.00. The number of azo groups is 1. The molecule has 0 spiro atoms. The summed E-state index contributed by atoms with van der Waals surface area (Å²) in [6.07, 6.45) is 0.580. The number of carbonyl (C=O) groups is 2. The standard InChI is InChI=1S/C25H23N5O4S/c1-34-19-13-11-18(12-14-19)30-22(15-17-7-3-2-4-8-17)26-29-25(30)35-16-23(32)27-28-24(33)20-9-5-6-10-21(20)31/h2-14,25,29H,15-16H2,1H3,(H,31,33)/p+1. The molecule has 0 fully saturated rings. The summed E-state index contributed by atoms with van der Waals surface area (Å²) >= 11 is 1.27. The Labute approximate surface area is 206 Å². The highest BCUT2D eigenvalue weighted by Gasteiger charge is 2.34. The number of thioether (sulfide) groups is 1. The molecule has 0 radical (unpaired) electrons. The van der Waals surface area contributed by atoms with E-state index in [1.807, 2.05) is 59.2 Å². The number of hydrazine groups is 1. The lowest BCUT2D eigenvalue weighted by atomic mass is 10.1. The van der Waals surface area contributed by atoms with Gasteiger partial charge in [0, 0.05) is 0 Å². The number of methoxy groups -OCH3 is 1. The molecule has 3 N–H and O–H groups in total. The number of carbonyl (C=O) groups excluding carboxylic acids is 2. The van der Waals surface area contributed by atoms with Crippen LogP contribution in [0.25, 0.3) is 0 Å². The van der Waals surface area contributed by atoms with E-state index in [0.717, 1.165) is 22.8 Å². The number of benzene rings is 3. The van der Waals surface area contributed by atoms with Gasteiger partial charge in [-0.05, 0) is 47.1 Å². The number of nitrogens with zero attached hydrogens (tertiary/aromatic N) is 3. The number of phenolic OH excluding ortho intramolecular Hbond substituents is 1. The molecule has 3 aromatic carbocycles. The van der Waals surface area contributed by atoms with E-state index >= 15 is 0 Å². The number of ether oxygens (including phenoxy) is 1. The number of nitrogens with one attached hydrogen (secondary N) is 2. The fourth-order valence-corrected chi connectivity index (χ4v) is 4.29. The minimum Gasteiger partial charge on any atom is -0.507 e. The third-order valence-corrected chi connectivity index (χ3v) is 6.19. The molecule has 1 aliphatic heterocycles. The van der Waals surface area contributed by atoms with Crippen molar-refractivity contribution in [2.24, 2.45) is 10.2 Å². The van der Waals surface area contributed by atoms with Crippen LogP contribution < -0.4 is 15.6 Å². The number of hydrogen-bond donors (Lipinski definition) is 3. The number of amides is 2. The van der Waals surface area contributed by atoms with Gasteiger partial charge in [0.05, 0.1) is 30.0 Å². The Balaban J connectivity index is 1.43. The van der Waals surface area contributed by atoms with Crippen molar-refractivity contribution >= 4 is 35.1 Å². The second kappa shape index (κ2) is 11.3. The van der Waals surface area contributed by atoms with Crippen LogP contribution in [0.2, 0.25) is 0 Å². The Morgan fingerprint density at radius 2 is 1.71 bits per heavy atom. The summed E-state index contributed by atoms with van der Waals surface area (Å²) < 4.78 is 7.24. The van der Waals surface area contributed by atoms with Crippen LogP contribution in [0.15, 0.2) is 89.1 Å². The molecular formula is C25H24N5O4S+. The highest BCUT2D eigenvalue weighted by atomic mass is 32.2. The molecule has 0 saturated heterocycles. The predicted molar refractivity (Wildman–Crippen MR) is 133 cm³/mol. The van der Waals surface area contributed by atoms with Gasteiger partial charge in [-0.15, -0.1) is 0 Å². The Bertz CT molecular complexity index is 1260. The van der Waals surface area contributed by atoms with E-state index < -0.39 is 17.3 Å². The average molecular weight is 491 g/mol. The molecule has 2 amide bonds. The van der Waals surface area contributed by atoms with Gasteiger partial charge >= 0.3 is 5.84 Å². The molecule has 1 heterocycles. The van der Waals surface area contributed by atoms with Crippen LogP contribution in [-0.2, 0) is 11.2 Å². The Hall–Kier alpha value is -4.18. The van der Waals surface area contributed by atoms with Gasteiger partial charge in [0.2, 0.25) is 5.91 Å². The van der Waals surface area contributed by atoms with Crippen LogP contribution in [0.5, 0.6) is 11.5 Å². The highest BCUT2D eigenvalue weighted by Crippen LogP contribution is 2.29. The predicted octanol–water partition coefficient (Wildman–Crippen LogP) is 3.63. The Morgan fingerprint density at radius 1 is 1.00 bits per heavy atom. The molecule has 3 aromatic rings. The summed E-state index contributed by atoms with van der Waals surface area (Å²) in [5.74, 6) is 0.315. The van der Waals surface area contributed by atoms with E-state index in [4.69, 9.17) is 4.74 Å². The normalized spacial score (nSPS) is 14.6. The largest absolute Gasteiger partial charge is 0.507 e. The second-order valence-corrected chi connectivity index (χ2v) is 8.56. The van der Waals surface area contributed by atoms with Crippen molar-refractivity contribution in [3.63, 3.8) is 0 Å². The van der Waals surface area contributed by atoms with Crippen LogP contribution in [-0.4, -0.2) is 45.7 Å². The smallest absolute Gasteiger partial charge is 0.333 e. The molecule has 0 aliphatic carbocycles. The molecular weight excluding hydrogens is 466 g/mol. The summed E-state index contributed by atoms with van der Waals surface area (Å²) in [4.78, 5) is 24.6. The van der Waals surface area contributed by atoms with E-state index in [2.05, 4.69) is 21.1 Å². The van der Waals surface area contributed by atoms with Gasteiger partial charge in [-0.1, -0.05) is 54.2 Å². The monoisotopic (exact) mass is 490 g/mol. The van der Waals surface area contributed by atoms with Crippen molar-refractivity contribution < 1.29 is 24.0 Å². The molecule has 0 saturated carbocycles. The second-order valence-electron chi connectivity index (χ2n) is 7.52. The topological polar surface area (TPSA) is 115 Å². The minimum absolute atomic E-state index is 0.0238. The zero-order valence-electron chi connectivity index (χ0n) is 18.9. The van der Waals surface area contributed by atoms with Crippen molar-refractivity contribution in [2.45, 2.75) is 11.9 Å². The lowest BCUT2D eigenvalue weighted by Gasteiger charge is -2.12. The SMILES string of the molecule is COc1ccc([N+]2=C(Cc3ccccc3)N=NC2SCC(=O)NNC(=O)c2ccccc2O)cc1. The fraction of sp³-hybridized carbons (Fsp3) is 0.160. The van der Waals surface area contributed by atoms with E-state index in [9.17, 15) is 14.7 Å². The summed E-state index contributed by atoms with van der Waals surface area (Å²) in [6, 6.07) is 23.6. The van der Waals surface area contributed by atoms with E-state index in [-0.39, 0.29) is 17.1 Å². The molecule has 35 heavy (non-hydrogen) atoms. The molecule has 178 valence electrons. The zero-order chi connectivity index (χ0) is 24.6. The van der Waals surface area contributed by atoms with Crippen molar-refractivity contribution in [1.82, 2.24) is 10.9 Å². The molecule has 1 atom stereocenters. The first-order valence-corrected chi connectivity index (χ1v) is 11.8. The number of aromatic hydroxyl groups is 1. The summed E-state index contributed by atoms with van der Waals surface area (Å²) in [5, 5.41) is 18.6. The Kier molecular flexibility index (Phi) is 7.74. The lowest BCUT2D eigenvalue weighted by molar-refractivity contribution is -0.449. The van der Waals surface area contributed by atoms with Gasteiger partial charge in [-0.2, -0.15) is 4.58 Å². The van der Waals surface area contributed by atoms with Gasteiger partial charge in [0.25, 0.3) is 11.4 Å². The molecule has 0 bridgehead atoms. The van der Waals surface area contributed by atoms with Gasteiger partial charge < -0.3 is 9.84 Å². The van der Waals surface area contributed by atoms with Crippen molar-refractivity contribution in [3.8, 4) is 11.5 Å². The number of phenols is 1. The summed E-state index contributed by atoms with van der Waals surface area (Å²) in [5.41, 5.74) is 6.25. The van der Waals surface area contributed by atoms with E-state index in [1.165, 1.54) is 23.9 Å². The maximum absolute atomic E-state index is 12.4. The van der Waals surface area contributed by atoms with Crippen LogP contribution in [0.1, 0.15) is 15.9 Å². The first kappa shape index (κ1) is 24.0. The van der Waals surface area contributed by atoms with Gasteiger partial charge in [-0.3, -0.25) is 20.4 Å². The third-order valence-electron chi connectivity index (χ3n) is 5.15. The quantitative estimate of drug-likeness (QED) is 0.329. The first-order valence-electron chi connectivity index (χ1n) is 10.8. The van der Waals surface area contributed by atoms with Gasteiger partial charge in [0.15, 0.2) is 0 Å². The fourth-order valence-electron chi connectivity index (χ4n) is 3.42. The molecule has 1 unspecified atom stereocenters. The summed E-state index contributed by atoms with van der Waals surface area (Å²) in [7, 11) is 1.61. The molecule has 1 aliphatic rings. The lowest BCUT2D eigenvalue weighted by Crippen LogP contribution is -2.42. The van der Waals surface area contributed by atoms with Gasteiger partial charge in [-0.25, -0.2) is 0 Å². The Morgan fingerprint density at radius 3 is 2.43 bits per heavy atom. The van der Waals surface area contributed by atoms with Gasteiger partial charge in [0.1, 0.15) is 17.2 Å². The number of amidine groups is 1. The van der Waals surface area contributed by atoms with E-state index in [1.54, 1.807) is 19.2 Å². The van der Waals surface area contributed by atoms with Crippen molar-refractivity contribution in [2.75, 3.05) is 12.9 Å². The van der Waals surface area contributed by atoms with E-state index in [0.29, 0.717) is 6.42 Å². The zero-order valence-corrected chi connectivity index (χ0v) is 19.7. The average Bonchev–Trinajstić information content (AvgIpc) is 3.29. The maximum atomic E-state index is 12.4. The number of rotatable bonds is 8. The first-order chi connectivity index (χ1) is 17.0. The molecule has 0 aromatic heterocycles. The number of para-hydroxylation sites is 1. The number of hydrogen-bond acceptors (Lipinski definition) is 7. The van der Waals surface area contributed by atoms with Crippen molar-refractivity contribution in [1.29, 1.82) is 0 Å². The van der Waals surface area contributed by atoms with Crippen LogP contribution in [0.4, 0.5) is 5.69 Å². The summed E-state index contributed by atoms with van der Waals surface area (Å²) in [6.45, 7) is 0.